The fourth-order valence-electron chi connectivity index (χ4n) is 3.55. The van der Waals surface area contributed by atoms with E-state index in [0.29, 0.717) is 13.1 Å². The third-order valence-electron chi connectivity index (χ3n) is 4.71. The van der Waals surface area contributed by atoms with E-state index in [1.807, 2.05) is 18.7 Å². The van der Waals surface area contributed by atoms with Crippen molar-refractivity contribution in [2.45, 2.75) is 38.9 Å². The summed E-state index contributed by atoms with van der Waals surface area (Å²) in [6.45, 7) is 5.00. The number of ether oxygens (including phenoxy) is 1. The monoisotopic (exact) mass is 253 g/mol. The summed E-state index contributed by atoms with van der Waals surface area (Å²) in [5.74, 6) is -1.72. The van der Waals surface area contributed by atoms with Crippen LogP contribution in [0.5, 0.6) is 0 Å². The van der Waals surface area contributed by atoms with E-state index in [0.717, 1.165) is 12.8 Å². The molecule has 4 atom stereocenters. The Morgan fingerprint density at radius 2 is 1.72 bits per heavy atom. The highest BCUT2D eigenvalue weighted by Gasteiger charge is 2.66. The highest BCUT2D eigenvalue weighted by atomic mass is 16.5. The first-order valence-corrected chi connectivity index (χ1v) is 6.58. The largest absolute Gasteiger partial charge is 0.481 e. The lowest BCUT2D eigenvalue weighted by atomic mass is 10.1. The molecule has 2 bridgehead atoms. The number of carbonyl (C=O) groups is 2. The fourth-order valence-corrected chi connectivity index (χ4v) is 3.55. The third-order valence-corrected chi connectivity index (χ3v) is 4.71. The number of aliphatic carboxylic acids is 1. The van der Waals surface area contributed by atoms with E-state index in [-0.39, 0.29) is 24.0 Å². The van der Waals surface area contributed by atoms with Crippen LogP contribution in [0.25, 0.3) is 0 Å². The summed E-state index contributed by atoms with van der Waals surface area (Å²) >= 11 is 0. The molecule has 0 aromatic carbocycles. The summed E-state index contributed by atoms with van der Waals surface area (Å²) in [5, 5.41) is 9.13. The molecular formula is C13H19NO4. The highest BCUT2D eigenvalue weighted by Crippen LogP contribution is 2.59. The van der Waals surface area contributed by atoms with Crippen LogP contribution in [-0.4, -0.2) is 47.2 Å². The van der Waals surface area contributed by atoms with Crippen LogP contribution in [0.1, 0.15) is 26.7 Å². The van der Waals surface area contributed by atoms with Gasteiger partial charge in [-0.05, 0) is 18.3 Å². The standard InChI is InChI=1S/C13H19NO4/c1-13(2)9(10(13)12(16)17)11(15)14-5-7-3-4-8(6-14)18-7/h7-10H,3-6H2,1-2H3,(H,16,17)/t7?,8?,9-,10+/m1/s1. The summed E-state index contributed by atoms with van der Waals surface area (Å²) in [5.41, 5.74) is -0.403. The number of morpholine rings is 1. The number of carbonyl (C=O) groups excluding carboxylic acids is 1. The first-order valence-electron chi connectivity index (χ1n) is 6.58. The molecule has 1 saturated carbocycles. The minimum Gasteiger partial charge on any atom is -0.481 e. The molecule has 5 nitrogen and oxygen atoms in total. The maximum absolute atomic E-state index is 12.4. The van der Waals surface area contributed by atoms with E-state index in [9.17, 15) is 9.59 Å². The number of carboxylic acids is 1. The summed E-state index contributed by atoms with van der Waals surface area (Å²) in [7, 11) is 0. The van der Waals surface area contributed by atoms with Gasteiger partial charge in [-0.3, -0.25) is 9.59 Å². The molecule has 1 aliphatic carbocycles. The van der Waals surface area contributed by atoms with Gasteiger partial charge in [0.25, 0.3) is 0 Å². The lowest BCUT2D eigenvalue weighted by Gasteiger charge is -2.32. The number of rotatable bonds is 2. The van der Waals surface area contributed by atoms with Crippen LogP contribution in [0, 0.1) is 17.3 Å². The summed E-state index contributed by atoms with van der Waals surface area (Å²) < 4.78 is 5.69. The van der Waals surface area contributed by atoms with Crippen LogP contribution in [-0.2, 0) is 14.3 Å². The van der Waals surface area contributed by atoms with Crippen LogP contribution in [0.2, 0.25) is 0 Å². The van der Waals surface area contributed by atoms with Crippen molar-refractivity contribution < 1.29 is 19.4 Å². The Labute approximate surface area is 106 Å². The predicted octanol–water partition coefficient (Wildman–Crippen LogP) is 0.733. The van der Waals surface area contributed by atoms with Gasteiger partial charge in [0.2, 0.25) is 5.91 Å². The van der Waals surface area contributed by atoms with E-state index in [1.165, 1.54) is 0 Å². The molecule has 0 spiro atoms. The molecule has 1 N–H and O–H groups in total. The van der Waals surface area contributed by atoms with Gasteiger partial charge in [0, 0.05) is 13.1 Å². The summed E-state index contributed by atoms with van der Waals surface area (Å²) in [6.07, 6.45) is 2.37. The number of nitrogens with zero attached hydrogens (tertiary/aromatic N) is 1. The Hall–Kier alpha value is -1.10. The van der Waals surface area contributed by atoms with Crippen molar-refractivity contribution in [3.8, 4) is 0 Å². The molecule has 0 aromatic heterocycles. The molecule has 1 amide bonds. The van der Waals surface area contributed by atoms with Crippen molar-refractivity contribution >= 4 is 11.9 Å². The first-order chi connectivity index (χ1) is 8.41. The Kier molecular flexibility index (Phi) is 2.46. The minimum absolute atomic E-state index is 0.00704. The zero-order valence-corrected chi connectivity index (χ0v) is 10.8. The third kappa shape index (κ3) is 1.64. The van der Waals surface area contributed by atoms with Crippen molar-refractivity contribution in [2.24, 2.45) is 17.3 Å². The Bertz CT molecular complexity index is 394. The number of fused-ring (bicyclic) bond motifs is 2. The molecule has 100 valence electrons. The Morgan fingerprint density at radius 1 is 1.17 bits per heavy atom. The average molecular weight is 253 g/mol. The molecule has 3 aliphatic rings. The fraction of sp³-hybridized carbons (Fsp3) is 0.846. The van der Waals surface area contributed by atoms with Crippen molar-refractivity contribution in [3.05, 3.63) is 0 Å². The number of amides is 1. The lowest BCUT2D eigenvalue weighted by Crippen LogP contribution is -2.47. The molecule has 2 heterocycles. The van der Waals surface area contributed by atoms with Gasteiger partial charge in [0.05, 0.1) is 24.0 Å². The lowest BCUT2D eigenvalue weighted by molar-refractivity contribution is -0.145. The minimum atomic E-state index is -0.852. The second kappa shape index (κ2) is 3.70. The molecule has 2 aliphatic heterocycles. The number of hydrogen-bond acceptors (Lipinski definition) is 3. The van der Waals surface area contributed by atoms with E-state index in [4.69, 9.17) is 9.84 Å². The van der Waals surface area contributed by atoms with Gasteiger partial charge >= 0.3 is 5.97 Å². The second-order valence-electron chi connectivity index (χ2n) is 6.32. The quantitative estimate of drug-likeness (QED) is 0.788. The smallest absolute Gasteiger partial charge is 0.307 e. The molecule has 5 heteroatoms. The van der Waals surface area contributed by atoms with Gasteiger partial charge in [0.1, 0.15) is 0 Å². The van der Waals surface area contributed by atoms with Crippen LogP contribution >= 0.6 is 0 Å². The highest BCUT2D eigenvalue weighted by molar-refractivity contribution is 5.91. The van der Waals surface area contributed by atoms with Gasteiger partial charge in [-0.1, -0.05) is 13.8 Å². The Balaban J connectivity index is 1.71. The molecule has 18 heavy (non-hydrogen) atoms. The molecule has 2 saturated heterocycles. The van der Waals surface area contributed by atoms with Crippen LogP contribution < -0.4 is 0 Å². The maximum Gasteiger partial charge on any atom is 0.307 e. The number of carboxylic acid groups (broad SMARTS) is 1. The van der Waals surface area contributed by atoms with E-state index in [2.05, 4.69) is 0 Å². The van der Waals surface area contributed by atoms with Gasteiger partial charge in [-0.25, -0.2) is 0 Å². The van der Waals surface area contributed by atoms with Crippen molar-refractivity contribution in [2.75, 3.05) is 13.1 Å². The molecule has 0 radical (unpaired) electrons. The molecular weight excluding hydrogens is 234 g/mol. The van der Waals surface area contributed by atoms with Crippen molar-refractivity contribution in [3.63, 3.8) is 0 Å². The van der Waals surface area contributed by atoms with Crippen molar-refractivity contribution in [1.29, 1.82) is 0 Å². The second-order valence-corrected chi connectivity index (χ2v) is 6.32. The first kappa shape index (κ1) is 12.0. The van der Waals surface area contributed by atoms with Crippen LogP contribution in [0.4, 0.5) is 0 Å². The van der Waals surface area contributed by atoms with Crippen LogP contribution in [0.3, 0.4) is 0 Å². The predicted molar refractivity (Wildman–Crippen MR) is 62.9 cm³/mol. The molecule has 2 unspecified atom stereocenters. The van der Waals surface area contributed by atoms with E-state index < -0.39 is 17.3 Å². The topological polar surface area (TPSA) is 66.8 Å². The van der Waals surface area contributed by atoms with E-state index >= 15 is 0 Å². The Morgan fingerprint density at radius 3 is 2.17 bits per heavy atom. The van der Waals surface area contributed by atoms with Gasteiger partial charge in [0.15, 0.2) is 0 Å². The van der Waals surface area contributed by atoms with Crippen molar-refractivity contribution in [1.82, 2.24) is 4.90 Å². The van der Waals surface area contributed by atoms with Gasteiger partial charge in [-0.2, -0.15) is 0 Å². The zero-order valence-electron chi connectivity index (χ0n) is 10.8. The molecule has 3 fully saturated rings. The maximum atomic E-state index is 12.4. The van der Waals surface area contributed by atoms with Crippen LogP contribution in [0.15, 0.2) is 0 Å². The van der Waals surface area contributed by atoms with Gasteiger partial charge in [-0.15, -0.1) is 0 Å². The normalized spacial score (nSPS) is 40.7. The zero-order chi connectivity index (χ0) is 13.1. The molecule has 3 rings (SSSR count). The number of hydrogen-bond donors (Lipinski definition) is 1. The molecule has 0 aromatic rings. The summed E-state index contributed by atoms with van der Waals surface area (Å²) in [6, 6.07) is 0. The average Bonchev–Trinajstić information content (AvgIpc) is 2.73. The number of likely N-dealkylation sites (tertiary alicyclic amines) is 1. The SMILES string of the molecule is CC1(C)[C@H](C(=O)O)[C@@H]1C(=O)N1CC2CCC(C1)O2. The van der Waals surface area contributed by atoms with E-state index in [1.54, 1.807) is 0 Å². The van der Waals surface area contributed by atoms with Gasteiger partial charge < -0.3 is 14.7 Å². The summed E-state index contributed by atoms with van der Waals surface area (Å²) in [4.78, 5) is 25.4.